The van der Waals surface area contributed by atoms with Gasteiger partial charge in [0.2, 0.25) is 0 Å². The van der Waals surface area contributed by atoms with E-state index in [1.54, 1.807) is 13.0 Å². The van der Waals surface area contributed by atoms with Crippen molar-refractivity contribution in [2.45, 2.75) is 45.1 Å². The highest BCUT2D eigenvalue weighted by atomic mass is 16.6. The largest absolute Gasteiger partial charge is 0.493 e. The summed E-state index contributed by atoms with van der Waals surface area (Å²) in [6, 6.07) is 19.4. The van der Waals surface area contributed by atoms with Crippen LogP contribution in [0.5, 0.6) is 23.0 Å². The van der Waals surface area contributed by atoms with Crippen molar-refractivity contribution in [2.24, 2.45) is 0 Å². The van der Waals surface area contributed by atoms with Gasteiger partial charge in [-0.15, -0.1) is 0 Å². The van der Waals surface area contributed by atoms with Crippen LogP contribution in [0.1, 0.15) is 61.8 Å². The van der Waals surface area contributed by atoms with E-state index in [-0.39, 0.29) is 5.69 Å². The number of hydrogen-bond acceptors (Lipinski definition) is 7. The number of hydrogen-bond donors (Lipinski definition) is 0. The molecule has 1 unspecified atom stereocenters. The zero-order valence-electron chi connectivity index (χ0n) is 24.6. The predicted octanol–water partition coefficient (Wildman–Crippen LogP) is 7.46. The average Bonchev–Trinajstić information content (AvgIpc) is 2.98. The monoisotopic (exact) mass is 560 g/mol. The smallest absolute Gasteiger partial charge is 0.280 e. The first kappa shape index (κ1) is 29.9. The summed E-state index contributed by atoms with van der Waals surface area (Å²) in [5, 5.41) is 11.8. The number of nitro groups is 1. The van der Waals surface area contributed by atoms with Gasteiger partial charge in [0.1, 0.15) is 24.2 Å². The molecule has 3 aromatic rings. The standard InChI is InChI=1S/C33H40N2O6/c1-23(29-21-31(38-4)32(39-5)22-30(29)35(36)37)41-28-17-13-26(14-18-28)33(24-9-7-6-8-10-24)25-11-15-27(16-12-25)40-20-19-34(2)3/h11-18,21-23H,6-10,19-20H2,1-5H3. The van der Waals surface area contributed by atoms with E-state index in [1.807, 2.05) is 38.4 Å². The molecule has 0 heterocycles. The molecule has 0 radical (unpaired) electrons. The molecule has 8 heteroatoms. The fraction of sp³-hybridized carbons (Fsp3) is 0.394. The van der Waals surface area contributed by atoms with Gasteiger partial charge in [-0.3, -0.25) is 10.1 Å². The summed E-state index contributed by atoms with van der Waals surface area (Å²) < 4.78 is 22.7. The highest BCUT2D eigenvalue weighted by Crippen LogP contribution is 2.40. The van der Waals surface area contributed by atoms with Crippen molar-refractivity contribution < 1.29 is 23.9 Å². The minimum absolute atomic E-state index is 0.0785. The topological polar surface area (TPSA) is 83.3 Å². The van der Waals surface area contributed by atoms with E-state index in [0.717, 1.165) is 30.7 Å². The second-order valence-corrected chi connectivity index (χ2v) is 10.5. The molecule has 1 aliphatic carbocycles. The molecule has 0 amide bonds. The fourth-order valence-electron chi connectivity index (χ4n) is 5.20. The highest BCUT2D eigenvalue weighted by molar-refractivity contribution is 5.82. The second kappa shape index (κ2) is 14.0. The fourth-order valence-corrected chi connectivity index (χ4v) is 5.20. The van der Waals surface area contributed by atoms with E-state index in [2.05, 4.69) is 29.2 Å². The average molecular weight is 561 g/mol. The van der Waals surface area contributed by atoms with Gasteiger partial charge in [-0.2, -0.15) is 0 Å². The predicted molar refractivity (Wildman–Crippen MR) is 161 cm³/mol. The Balaban J connectivity index is 1.58. The molecule has 0 spiro atoms. The van der Waals surface area contributed by atoms with Gasteiger partial charge in [0.15, 0.2) is 11.5 Å². The van der Waals surface area contributed by atoms with Crippen LogP contribution in [0, 0.1) is 10.1 Å². The summed E-state index contributed by atoms with van der Waals surface area (Å²) in [5.74, 6) is 2.21. The third-order valence-corrected chi connectivity index (χ3v) is 7.38. The first-order chi connectivity index (χ1) is 19.8. The van der Waals surface area contributed by atoms with Gasteiger partial charge in [-0.1, -0.05) is 36.3 Å². The molecule has 1 fully saturated rings. The number of allylic oxidation sites excluding steroid dienone is 1. The first-order valence-electron chi connectivity index (χ1n) is 14.1. The molecule has 0 N–H and O–H groups in total. The molecule has 218 valence electrons. The third kappa shape index (κ3) is 7.58. The summed E-state index contributed by atoms with van der Waals surface area (Å²) >= 11 is 0. The van der Waals surface area contributed by atoms with Crippen molar-refractivity contribution in [3.05, 3.63) is 93.0 Å². The van der Waals surface area contributed by atoms with E-state index < -0.39 is 11.0 Å². The normalized spacial score (nSPS) is 14.0. The van der Waals surface area contributed by atoms with Gasteiger partial charge in [-0.25, -0.2) is 0 Å². The number of nitro benzene ring substituents is 1. The maximum Gasteiger partial charge on any atom is 0.280 e. The van der Waals surface area contributed by atoms with Gasteiger partial charge in [0, 0.05) is 6.54 Å². The lowest BCUT2D eigenvalue weighted by molar-refractivity contribution is -0.386. The van der Waals surface area contributed by atoms with E-state index >= 15 is 0 Å². The van der Waals surface area contributed by atoms with Crippen molar-refractivity contribution in [1.82, 2.24) is 4.90 Å². The Bertz CT molecular complexity index is 1340. The van der Waals surface area contributed by atoms with Gasteiger partial charge in [0.25, 0.3) is 5.69 Å². The van der Waals surface area contributed by atoms with Gasteiger partial charge < -0.3 is 23.8 Å². The minimum Gasteiger partial charge on any atom is -0.493 e. The van der Waals surface area contributed by atoms with Crippen LogP contribution >= 0.6 is 0 Å². The quantitative estimate of drug-likeness (QED) is 0.168. The molecule has 1 saturated carbocycles. The van der Waals surface area contributed by atoms with Gasteiger partial charge in [-0.05, 0) is 93.7 Å². The number of nitrogens with zero attached hydrogens (tertiary/aromatic N) is 2. The number of rotatable bonds is 12. The highest BCUT2D eigenvalue weighted by Gasteiger charge is 2.25. The molecular weight excluding hydrogens is 520 g/mol. The zero-order valence-corrected chi connectivity index (χ0v) is 24.6. The van der Waals surface area contributed by atoms with Crippen LogP contribution in [0.3, 0.4) is 0 Å². The number of likely N-dealkylation sites (N-methyl/N-ethyl adjacent to an activating group) is 1. The van der Waals surface area contributed by atoms with Crippen molar-refractivity contribution in [2.75, 3.05) is 41.5 Å². The molecule has 1 aliphatic rings. The lowest BCUT2D eigenvalue weighted by atomic mass is 9.85. The Morgan fingerprint density at radius 3 is 1.98 bits per heavy atom. The third-order valence-electron chi connectivity index (χ3n) is 7.38. The van der Waals surface area contributed by atoms with Crippen LogP contribution in [0.15, 0.2) is 66.2 Å². The van der Waals surface area contributed by atoms with Crippen LogP contribution in [-0.2, 0) is 0 Å². The maximum atomic E-state index is 11.8. The van der Waals surface area contributed by atoms with Crippen LogP contribution in [0.2, 0.25) is 0 Å². The summed E-state index contributed by atoms with van der Waals surface area (Å²) in [6.07, 6.45) is 5.27. The molecule has 1 atom stereocenters. The molecule has 0 bridgehead atoms. The minimum atomic E-state index is -0.586. The number of methoxy groups -OCH3 is 2. The Hall–Kier alpha value is -4.04. The SMILES string of the molecule is COc1cc(C(C)Oc2ccc(C(=C3CCCCC3)c3ccc(OCCN(C)C)cc3)cc2)c([N+](=O)[O-])cc1OC. The second-order valence-electron chi connectivity index (χ2n) is 10.5. The molecule has 3 aromatic carbocycles. The molecule has 41 heavy (non-hydrogen) atoms. The molecule has 8 nitrogen and oxygen atoms in total. The summed E-state index contributed by atoms with van der Waals surface area (Å²) in [5.41, 5.74) is 5.37. The summed E-state index contributed by atoms with van der Waals surface area (Å²) in [7, 11) is 7.02. The van der Waals surface area contributed by atoms with Crippen LogP contribution in [-0.4, -0.2) is 51.3 Å². The van der Waals surface area contributed by atoms with E-state index in [9.17, 15) is 10.1 Å². The molecule has 0 saturated heterocycles. The Labute approximate surface area is 242 Å². The molecule has 4 rings (SSSR count). The van der Waals surface area contributed by atoms with Crippen molar-refractivity contribution in [3.63, 3.8) is 0 Å². The summed E-state index contributed by atoms with van der Waals surface area (Å²) in [6.45, 7) is 3.30. The number of ether oxygens (including phenoxy) is 4. The molecular formula is C33H40N2O6. The van der Waals surface area contributed by atoms with Crippen LogP contribution in [0.4, 0.5) is 5.69 Å². The van der Waals surface area contributed by atoms with Gasteiger partial charge >= 0.3 is 0 Å². The van der Waals surface area contributed by atoms with E-state index in [4.69, 9.17) is 18.9 Å². The molecule has 0 aliphatic heterocycles. The Morgan fingerprint density at radius 1 is 0.878 bits per heavy atom. The van der Waals surface area contributed by atoms with E-state index in [1.165, 1.54) is 56.3 Å². The summed E-state index contributed by atoms with van der Waals surface area (Å²) in [4.78, 5) is 13.5. The molecule has 0 aromatic heterocycles. The van der Waals surface area contributed by atoms with Gasteiger partial charge in [0.05, 0.1) is 30.8 Å². The van der Waals surface area contributed by atoms with E-state index in [0.29, 0.717) is 29.4 Å². The lowest BCUT2D eigenvalue weighted by Crippen LogP contribution is -2.19. The van der Waals surface area contributed by atoms with Crippen molar-refractivity contribution in [3.8, 4) is 23.0 Å². The zero-order chi connectivity index (χ0) is 29.4. The van der Waals surface area contributed by atoms with Crippen LogP contribution in [0.25, 0.3) is 5.57 Å². The van der Waals surface area contributed by atoms with Crippen LogP contribution < -0.4 is 18.9 Å². The number of benzene rings is 3. The Morgan fingerprint density at radius 2 is 1.44 bits per heavy atom. The lowest BCUT2D eigenvalue weighted by Gasteiger charge is -2.21. The van der Waals surface area contributed by atoms with Crippen molar-refractivity contribution in [1.29, 1.82) is 0 Å². The maximum absolute atomic E-state index is 11.8. The first-order valence-corrected chi connectivity index (χ1v) is 14.1. The Kier molecular flexibility index (Phi) is 10.2. The van der Waals surface area contributed by atoms with Crippen molar-refractivity contribution >= 4 is 11.3 Å².